The summed E-state index contributed by atoms with van der Waals surface area (Å²) in [4.78, 5) is 4.83. The molecule has 62 heavy (non-hydrogen) atoms. The van der Waals surface area contributed by atoms with Gasteiger partial charge in [0, 0.05) is 96.7 Å². The van der Waals surface area contributed by atoms with Gasteiger partial charge in [-0.2, -0.15) is 0 Å². The van der Waals surface area contributed by atoms with Crippen LogP contribution in [-0.2, 0) is 11.8 Å². The van der Waals surface area contributed by atoms with Crippen molar-refractivity contribution < 1.29 is 4.42 Å². The van der Waals surface area contributed by atoms with Crippen molar-refractivity contribution in [3.05, 3.63) is 193 Å². The molecular weight excluding hydrogens is 793 g/mol. The predicted octanol–water partition coefficient (Wildman–Crippen LogP) is 17.6. The normalized spacial score (nSPS) is 13.6. The first-order chi connectivity index (χ1) is 30.5. The second-order valence-corrected chi connectivity index (χ2v) is 19.5. The van der Waals surface area contributed by atoms with Crippen molar-refractivity contribution in [3.8, 4) is 0 Å². The molecule has 1 aliphatic carbocycles. The molecule has 0 aliphatic heterocycles. The Hall–Kier alpha value is -6.92. The Morgan fingerprint density at radius 1 is 0.435 bits per heavy atom. The Balaban J connectivity index is 0.995. The van der Waals surface area contributed by atoms with Crippen molar-refractivity contribution in [1.82, 2.24) is 0 Å². The highest BCUT2D eigenvalue weighted by molar-refractivity contribution is 7.26. The monoisotopic (exact) mass is 832 g/mol. The number of thiophene rings is 2. The molecule has 0 spiro atoms. The minimum Gasteiger partial charge on any atom is -0.455 e. The van der Waals surface area contributed by atoms with Crippen molar-refractivity contribution in [3.63, 3.8) is 0 Å². The molecule has 0 atom stereocenters. The van der Waals surface area contributed by atoms with Gasteiger partial charge in [-0.3, -0.25) is 0 Å². The Morgan fingerprint density at radius 2 is 0.952 bits per heavy atom. The van der Waals surface area contributed by atoms with Gasteiger partial charge in [0.1, 0.15) is 11.2 Å². The Kier molecular flexibility index (Phi) is 7.82. The number of hydrogen-bond donors (Lipinski definition) is 0. The van der Waals surface area contributed by atoms with E-state index < -0.39 is 0 Å². The van der Waals surface area contributed by atoms with E-state index in [0.29, 0.717) is 0 Å². The number of fused-ring (bicyclic) bond motifs is 10. The highest BCUT2D eigenvalue weighted by Crippen LogP contribution is 2.51. The highest BCUT2D eigenvalue weighted by Gasteiger charge is 2.33. The summed E-state index contributed by atoms with van der Waals surface area (Å²) in [6.45, 7) is 4.83. The molecular formula is C57H40N2OS2. The molecule has 5 heteroatoms. The summed E-state index contributed by atoms with van der Waals surface area (Å²) in [7, 11) is 0. The number of nitrogens with zero attached hydrogens (tertiary/aromatic N) is 2. The Morgan fingerprint density at radius 3 is 1.60 bits per heavy atom. The van der Waals surface area contributed by atoms with Gasteiger partial charge in [-0.05, 0) is 126 Å². The van der Waals surface area contributed by atoms with Crippen LogP contribution in [0.25, 0.3) is 73.1 Å². The number of rotatable bonds is 6. The SMILES string of the molecule is CC1(C)CCc2c(N(c3ccccc3)c3ccc4c(c3)sc3ccccc34)ccc3c2c1cc1c2ccc(N(c4ccccc4)c4ccc5c(c4)sc4ccccc45)cc2oc31. The standard InChI is InChI=1S/C57H40N2OS2/c1-57(2)30-29-45-49(59(36-15-7-4-8-16-36)39-23-26-44-42-18-10-12-20-52(42)62-54(44)33-39)28-27-46-55(45)48(57)34-47-40-24-21-37(31-50(40)60-56(46)47)58(35-13-5-3-6-14-35)38-22-25-43-41-17-9-11-19-51(41)61-53(43)32-38/h3-28,31-34H,29-30H2,1-2H3. The van der Waals surface area contributed by atoms with Crippen LogP contribution in [0.1, 0.15) is 31.4 Å². The molecule has 3 aromatic heterocycles. The molecule has 0 amide bonds. The van der Waals surface area contributed by atoms with Gasteiger partial charge in [0.2, 0.25) is 0 Å². The van der Waals surface area contributed by atoms with Gasteiger partial charge in [0.15, 0.2) is 0 Å². The van der Waals surface area contributed by atoms with Crippen molar-refractivity contribution >= 4 is 130 Å². The summed E-state index contributed by atoms with van der Waals surface area (Å²) in [5.74, 6) is 0. The zero-order valence-corrected chi connectivity index (χ0v) is 36.0. The maximum Gasteiger partial charge on any atom is 0.143 e. The molecule has 296 valence electrons. The second-order valence-electron chi connectivity index (χ2n) is 17.4. The van der Waals surface area contributed by atoms with E-state index in [1.807, 2.05) is 22.7 Å². The highest BCUT2D eigenvalue weighted by atomic mass is 32.1. The van der Waals surface area contributed by atoms with Crippen molar-refractivity contribution in [1.29, 1.82) is 0 Å². The van der Waals surface area contributed by atoms with E-state index >= 15 is 0 Å². The van der Waals surface area contributed by atoms with Crippen LogP contribution in [0.2, 0.25) is 0 Å². The molecule has 1 aliphatic rings. The van der Waals surface area contributed by atoms with Crippen LogP contribution in [0.5, 0.6) is 0 Å². The van der Waals surface area contributed by atoms with Gasteiger partial charge in [0.25, 0.3) is 0 Å². The van der Waals surface area contributed by atoms with E-state index in [9.17, 15) is 0 Å². The predicted molar refractivity (Wildman–Crippen MR) is 268 cm³/mol. The number of aryl methyl sites for hydroxylation is 1. The Bertz CT molecular complexity index is 3750. The summed E-state index contributed by atoms with van der Waals surface area (Å²) in [5.41, 5.74) is 11.5. The maximum absolute atomic E-state index is 7.09. The topological polar surface area (TPSA) is 19.6 Å². The number of anilines is 6. The van der Waals surface area contributed by atoms with Gasteiger partial charge >= 0.3 is 0 Å². The van der Waals surface area contributed by atoms with E-state index in [1.165, 1.54) is 79.0 Å². The van der Waals surface area contributed by atoms with Crippen LogP contribution in [0.3, 0.4) is 0 Å². The molecule has 0 N–H and O–H groups in total. The van der Waals surface area contributed by atoms with E-state index in [4.69, 9.17) is 4.42 Å². The van der Waals surface area contributed by atoms with Crippen molar-refractivity contribution in [2.24, 2.45) is 0 Å². The van der Waals surface area contributed by atoms with Crippen LogP contribution < -0.4 is 9.80 Å². The minimum atomic E-state index is -0.00942. The zero-order chi connectivity index (χ0) is 41.1. The zero-order valence-electron chi connectivity index (χ0n) is 34.4. The molecule has 0 saturated carbocycles. The van der Waals surface area contributed by atoms with Gasteiger partial charge in [-0.25, -0.2) is 0 Å². The molecule has 3 heterocycles. The van der Waals surface area contributed by atoms with E-state index in [-0.39, 0.29) is 5.41 Å². The largest absolute Gasteiger partial charge is 0.455 e. The number of para-hydroxylation sites is 2. The molecule has 0 unspecified atom stereocenters. The first-order valence-corrected chi connectivity index (χ1v) is 23.1. The lowest BCUT2D eigenvalue weighted by Gasteiger charge is -2.36. The van der Waals surface area contributed by atoms with Gasteiger partial charge in [-0.1, -0.05) is 98.8 Å². The summed E-state index contributed by atoms with van der Waals surface area (Å²) in [6.07, 6.45) is 2.04. The first-order valence-electron chi connectivity index (χ1n) is 21.5. The van der Waals surface area contributed by atoms with Crippen molar-refractivity contribution in [2.45, 2.75) is 32.1 Å². The van der Waals surface area contributed by atoms with E-state index in [2.05, 4.69) is 206 Å². The fourth-order valence-corrected chi connectivity index (χ4v) is 12.5. The lowest BCUT2D eigenvalue weighted by Crippen LogP contribution is -2.24. The third-order valence-electron chi connectivity index (χ3n) is 13.3. The average molecular weight is 833 g/mol. The van der Waals surface area contributed by atoms with Crippen LogP contribution in [0.4, 0.5) is 34.1 Å². The summed E-state index contributed by atoms with van der Waals surface area (Å²) in [6, 6.07) is 66.8. The van der Waals surface area contributed by atoms with Crippen LogP contribution in [-0.4, -0.2) is 0 Å². The summed E-state index contributed by atoms with van der Waals surface area (Å²) >= 11 is 3.72. The fraction of sp³-hybridized carbons (Fsp3) is 0.0877. The first kappa shape index (κ1) is 35.8. The summed E-state index contributed by atoms with van der Waals surface area (Å²) < 4.78 is 12.3. The number of furan rings is 1. The van der Waals surface area contributed by atoms with E-state index in [0.717, 1.165) is 52.1 Å². The second kappa shape index (κ2) is 13.5. The van der Waals surface area contributed by atoms with Crippen LogP contribution in [0, 0.1) is 0 Å². The smallest absolute Gasteiger partial charge is 0.143 e. The van der Waals surface area contributed by atoms with Crippen molar-refractivity contribution in [2.75, 3.05) is 9.80 Å². The fourth-order valence-electron chi connectivity index (χ4n) is 10.2. The Labute approximate surface area is 367 Å². The average Bonchev–Trinajstić information content (AvgIpc) is 3.99. The maximum atomic E-state index is 7.09. The lowest BCUT2D eigenvalue weighted by molar-refractivity contribution is 0.475. The third kappa shape index (κ3) is 5.41. The molecule has 0 bridgehead atoms. The van der Waals surface area contributed by atoms with Crippen LogP contribution >= 0.6 is 22.7 Å². The molecule has 12 aromatic rings. The molecule has 9 aromatic carbocycles. The molecule has 13 rings (SSSR count). The molecule has 3 nitrogen and oxygen atoms in total. The quantitative estimate of drug-likeness (QED) is 0.166. The number of hydrogen-bond acceptors (Lipinski definition) is 5. The third-order valence-corrected chi connectivity index (χ3v) is 15.6. The van der Waals surface area contributed by atoms with Gasteiger partial charge in [-0.15, -0.1) is 22.7 Å². The van der Waals surface area contributed by atoms with Gasteiger partial charge in [0.05, 0.1) is 0 Å². The molecule has 0 radical (unpaired) electrons. The minimum absolute atomic E-state index is 0.00942. The molecule has 0 fully saturated rings. The van der Waals surface area contributed by atoms with Gasteiger partial charge < -0.3 is 14.2 Å². The lowest BCUT2D eigenvalue weighted by atomic mass is 9.71. The number of benzene rings is 9. The molecule has 0 saturated heterocycles. The van der Waals surface area contributed by atoms with E-state index in [1.54, 1.807) is 0 Å². The van der Waals surface area contributed by atoms with Crippen LogP contribution in [0.15, 0.2) is 186 Å². The summed E-state index contributed by atoms with van der Waals surface area (Å²) in [5, 5.41) is 10.1.